The lowest BCUT2D eigenvalue weighted by Crippen LogP contribution is -2.39. The number of carbonyl (C=O) groups excluding carboxylic acids is 1. The Morgan fingerprint density at radius 3 is 2.52 bits per heavy atom. The molecule has 1 aromatic heterocycles. The Balaban J connectivity index is 1.67. The van der Waals surface area contributed by atoms with Gasteiger partial charge in [-0.3, -0.25) is 4.79 Å². The van der Waals surface area contributed by atoms with E-state index in [1.165, 1.54) is 0 Å². The van der Waals surface area contributed by atoms with Crippen molar-refractivity contribution in [2.45, 2.75) is 18.9 Å². The first kappa shape index (κ1) is 15.3. The van der Waals surface area contributed by atoms with E-state index in [0.717, 1.165) is 12.8 Å². The van der Waals surface area contributed by atoms with E-state index in [1.807, 2.05) is 15.8 Å². The van der Waals surface area contributed by atoms with Gasteiger partial charge in [0, 0.05) is 24.8 Å². The van der Waals surface area contributed by atoms with E-state index in [-0.39, 0.29) is 5.91 Å². The molecule has 0 aliphatic carbocycles. The monoisotopic (exact) mass is 316 g/mol. The predicted molar refractivity (Wildman–Crippen MR) is 83.7 cm³/mol. The molecular formula is C16H20N4O3. The van der Waals surface area contributed by atoms with Gasteiger partial charge in [-0.05, 0) is 31.0 Å². The average Bonchev–Trinajstić information content (AvgIpc) is 3.15. The number of nitrogens with zero attached hydrogens (tertiary/aromatic N) is 4. The van der Waals surface area contributed by atoms with Crippen LogP contribution in [0.15, 0.2) is 30.6 Å². The number of methoxy groups -OCH3 is 2. The topological polar surface area (TPSA) is 69.5 Å². The zero-order chi connectivity index (χ0) is 16.2. The minimum atomic E-state index is 0.0167. The van der Waals surface area contributed by atoms with Gasteiger partial charge in [0.25, 0.3) is 5.91 Å². The van der Waals surface area contributed by atoms with Gasteiger partial charge >= 0.3 is 0 Å². The summed E-state index contributed by atoms with van der Waals surface area (Å²) in [5, 5.41) is 7.88. The number of ether oxygens (including phenoxy) is 2. The molecule has 0 bridgehead atoms. The van der Waals surface area contributed by atoms with Crippen LogP contribution in [0.4, 0.5) is 0 Å². The molecule has 1 fully saturated rings. The van der Waals surface area contributed by atoms with Crippen molar-refractivity contribution < 1.29 is 14.3 Å². The third-order valence-electron chi connectivity index (χ3n) is 4.20. The van der Waals surface area contributed by atoms with Crippen LogP contribution < -0.4 is 9.47 Å². The second-order valence-corrected chi connectivity index (χ2v) is 5.48. The SMILES string of the molecule is COc1ccc(C(=O)N2CCC(n3ccnn3)CC2)cc1OC. The molecule has 0 unspecified atom stereocenters. The van der Waals surface area contributed by atoms with Gasteiger partial charge in [-0.15, -0.1) is 5.10 Å². The molecule has 0 N–H and O–H groups in total. The Morgan fingerprint density at radius 1 is 1.17 bits per heavy atom. The molecule has 0 atom stereocenters. The number of amides is 1. The summed E-state index contributed by atoms with van der Waals surface area (Å²) >= 11 is 0. The van der Waals surface area contributed by atoms with Crippen LogP contribution in [0, 0.1) is 0 Å². The maximum absolute atomic E-state index is 12.7. The van der Waals surface area contributed by atoms with Crippen molar-refractivity contribution in [2.75, 3.05) is 27.3 Å². The summed E-state index contributed by atoms with van der Waals surface area (Å²) in [5.41, 5.74) is 0.613. The van der Waals surface area contributed by atoms with E-state index in [4.69, 9.17) is 9.47 Å². The van der Waals surface area contributed by atoms with Gasteiger partial charge in [0.2, 0.25) is 0 Å². The lowest BCUT2D eigenvalue weighted by Gasteiger charge is -2.32. The van der Waals surface area contributed by atoms with Crippen molar-refractivity contribution in [1.29, 1.82) is 0 Å². The largest absolute Gasteiger partial charge is 0.493 e. The summed E-state index contributed by atoms with van der Waals surface area (Å²) in [6.45, 7) is 1.41. The third-order valence-corrected chi connectivity index (χ3v) is 4.20. The van der Waals surface area contributed by atoms with Crippen LogP contribution in [0.1, 0.15) is 29.2 Å². The minimum absolute atomic E-state index is 0.0167. The first-order chi connectivity index (χ1) is 11.2. The minimum Gasteiger partial charge on any atom is -0.493 e. The number of piperidine rings is 1. The van der Waals surface area contributed by atoms with Crippen LogP contribution in [0.2, 0.25) is 0 Å². The van der Waals surface area contributed by atoms with Crippen LogP contribution in [0.25, 0.3) is 0 Å². The van der Waals surface area contributed by atoms with Crippen LogP contribution in [-0.2, 0) is 0 Å². The highest BCUT2D eigenvalue weighted by Crippen LogP contribution is 2.29. The quantitative estimate of drug-likeness (QED) is 0.860. The lowest BCUT2D eigenvalue weighted by molar-refractivity contribution is 0.0689. The Bertz CT molecular complexity index is 664. The van der Waals surface area contributed by atoms with E-state index >= 15 is 0 Å². The van der Waals surface area contributed by atoms with Gasteiger partial charge in [-0.25, -0.2) is 4.68 Å². The zero-order valence-corrected chi connectivity index (χ0v) is 13.3. The molecule has 0 spiro atoms. The smallest absolute Gasteiger partial charge is 0.253 e. The summed E-state index contributed by atoms with van der Waals surface area (Å²) in [7, 11) is 3.14. The molecule has 0 saturated carbocycles. The fourth-order valence-electron chi connectivity index (χ4n) is 2.90. The average molecular weight is 316 g/mol. The summed E-state index contributed by atoms with van der Waals surface area (Å²) in [6.07, 6.45) is 5.31. The zero-order valence-electron chi connectivity index (χ0n) is 13.3. The van der Waals surface area contributed by atoms with E-state index in [0.29, 0.717) is 36.2 Å². The second kappa shape index (κ2) is 6.68. The maximum atomic E-state index is 12.7. The van der Waals surface area contributed by atoms with Gasteiger partial charge in [0.05, 0.1) is 26.5 Å². The normalized spacial score (nSPS) is 15.5. The van der Waals surface area contributed by atoms with Crippen molar-refractivity contribution in [3.05, 3.63) is 36.2 Å². The summed E-state index contributed by atoms with van der Waals surface area (Å²) in [5.74, 6) is 1.20. The molecule has 1 aliphatic heterocycles. The number of hydrogen-bond donors (Lipinski definition) is 0. The van der Waals surface area contributed by atoms with Crippen molar-refractivity contribution in [3.8, 4) is 11.5 Å². The molecule has 2 aromatic rings. The van der Waals surface area contributed by atoms with E-state index < -0.39 is 0 Å². The Hall–Kier alpha value is -2.57. The van der Waals surface area contributed by atoms with Gasteiger partial charge < -0.3 is 14.4 Å². The first-order valence-electron chi connectivity index (χ1n) is 7.60. The fourth-order valence-corrected chi connectivity index (χ4v) is 2.90. The summed E-state index contributed by atoms with van der Waals surface area (Å²) < 4.78 is 12.3. The number of benzene rings is 1. The standard InChI is InChI=1S/C16H20N4O3/c1-22-14-4-3-12(11-15(14)23-2)16(21)19-8-5-13(6-9-19)20-10-7-17-18-20/h3-4,7,10-11,13H,5-6,8-9H2,1-2H3. The van der Waals surface area contributed by atoms with E-state index in [9.17, 15) is 4.79 Å². The number of rotatable bonds is 4. The third kappa shape index (κ3) is 3.13. The number of carbonyl (C=O) groups is 1. The maximum Gasteiger partial charge on any atom is 0.253 e. The fraction of sp³-hybridized carbons (Fsp3) is 0.438. The number of likely N-dealkylation sites (tertiary alicyclic amines) is 1. The lowest BCUT2D eigenvalue weighted by atomic mass is 10.0. The van der Waals surface area contributed by atoms with Gasteiger partial charge in [-0.1, -0.05) is 5.21 Å². The van der Waals surface area contributed by atoms with Crippen LogP contribution in [0.5, 0.6) is 11.5 Å². The van der Waals surface area contributed by atoms with Crippen LogP contribution in [0.3, 0.4) is 0 Å². The Morgan fingerprint density at radius 2 is 1.91 bits per heavy atom. The van der Waals surface area contributed by atoms with Gasteiger partial charge in [0.1, 0.15) is 0 Å². The highest BCUT2D eigenvalue weighted by Gasteiger charge is 2.25. The van der Waals surface area contributed by atoms with Crippen molar-refractivity contribution in [3.63, 3.8) is 0 Å². The molecule has 2 heterocycles. The van der Waals surface area contributed by atoms with Crippen molar-refractivity contribution in [2.24, 2.45) is 0 Å². The number of hydrogen-bond acceptors (Lipinski definition) is 5. The van der Waals surface area contributed by atoms with Gasteiger partial charge in [-0.2, -0.15) is 0 Å². The molecular weight excluding hydrogens is 296 g/mol. The molecule has 122 valence electrons. The van der Waals surface area contributed by atoms with Crippen molar-refractivity contribution in [1.82, 2.24) is 19.9 Å². The summed E-state index contributed by atoms with van der Waals surface area (Å²) in [4.78, 5) is 14.5. The molecule has 1 amide bonds. The number of aromatic nitrogens is 3. The summed E-state index contributed by atoms with van der Waals surface area (Å²) in [6, 6.07) is 5.57. The predicted octanol–water partition coefficient (Wildman–Crippen LogP) is 1.77. The molecule has 3 rings (SSSR count). The second-order valence-electron chi connectivity index (χ2n) is 5.48. The van der Waals surface area contributed by atoms with Crippen molar-refractivity contribution >= 4 is 5.91 Å². The van der Waals surface area contributed by atoms with Crippen LogP contribution >= 0.6 is 0 Å². The molecule has 1 aliphatic rings. The molecule has 1 aromatic carbocycles. The molecule has 7 nitrogen and oxygen atoms in total. The molecule has 7 heteroatoms. The molecule has 1 saturated heterocycles. The van der Waals surface area contributed by atoms with E-state index in [1.54, 1.807) is 38.6 Å². The Kier molecular flexibility index (Phi) is 4.45. The molecule has 0 radical (unpaired) electrons. The molecule has 23 heavy (non-hydrogen) atoms. The Labute approximate surface area is 134 Å². The first-order valence-corrected chi connectivity index (χ1v) is 7.60. The van der Waals surface area contributed by atoms with Gasteiger partial charge in [0.15, 0.2) is 11.5 Å². The van der Waals surface area contributed by atoms with Crippen LogP contribution in [-0.4, -0.2) is 53.1 Å². The van der Waals surface area contributed by atoms with E-state index in [2.05, 4.69) is 10.3 Å². The highest BCUT2D eigenvalue weighted by molar-refractivity contribution is 5.95. The highest BCUT2D eigenvalue weighted by atomic mass is 16.5.